The van der Waals surface area contributed by atoms with Crippen molar-refractivity contribution in [1.29, 1.82) is 0 Å². The van der Waals surface area contributed by atoms with Crippen LogP contribution in [0.3, 0.4) is 0 Å². The third kappa shape index (κ3) is 3.73. The second kappa shape index (κ2) is 6.28. The molecule has 0 bridgehead atoms. The molecule has 0 aliphatic rings. The lowest BCUT2D eigenvalue weighted by Crippen LogP contribution is -2.11. The van der Waals surface area contributed by atoms with Gasteiger partial charge >= 0.3 is 5.97 Å². The molecule has 5 nitrogen and oxygen atoms in total. The average Bonchev–Trinajstić information content (AvgIpc) is 2.46. The first-order valence-electron chi connectivity index (χ1n) is 6.13. The summed E-state index contributed by atoms with van der Waals surface area (Å²) < 4.78 is 0. The molecule has 4 N–H and O–H groups in total. The summed E-state index contributed by atoms with van der Waals surface area (Å²) in [6.07, 6.45) is 0. The van der Waals surface area contributed by atoms with E-state index in [-0.39, 0.29) is 5.56 Å². The molecule has 0 unspecified atom stereocenters. The van der Waals surface area contributed by atoms with Crippen molar-refractivity contribution in [2.45, 2.75) is 6.54 Å². The number of rotatable bonds is 5. The molecule has 2 aromatic carbocycles. The highest BCUT2D eigenvalue weighted by atomic mass is 35.5. The van der Waals surface area contributed by atoms with Gasteiger partial charge in [0.1, 0.15) is 0 Å². The predicted octanol–water partition coefficient (Wildman–Crippen LogP) is 2.75. The van der Waals surface area contributed by atoms with E-state index in [4.69, 9.17) is 22.4 Å². The molecule has 21 heavy (non-hydrogen) atoms. The minimum atomic E-state index is -0.966. The number of halogens is 1. The molecular weight excluding hydrogens is 292 g/mol. The Morgan fingerprint density at radius 3 is 2.29 bits per heavy atom. The zero-order valence-electron chi connectivity index (χ0n) is 11.0. The van der Waals surface area contributed by atoms with Crippen molar-refractivity contribution >= 4 is 29.2 Å². The van der Waals surface area contributed by atoms with E-state index in [0.29, 0.717) is 22.8 Å². The van der Waals surface area contributed by atoms with Crippen molar-refractivity contribution in [2.24, 2.45) is 5.73 Å². The van der Waals surface area contributed by atoms with Gasteiger partial charge in [-0.25, -0.2) is 4.79 Å². The number of amides is 1. The van der Waals surface area contributed by atoms with Gasteiger partial charge in [-0.2, -0.15) is 0 Å². The van der Waals surface area contributed by atoms with Gasteiger partial charge in [0.2, 0.25) is 5.91 Å². The Kier molecular flexibility index (Phi) is 4.45. The van der Waals surface area contributed by atoms with Gasteiger partial charge in [0.15, 0.2) is 0 Å². The van der Waals surface area contributed by atoms with E-state index in [1.54, 1.807) is 30.3 Å². The third-order valence-corrected chi connectivity index (χ3v) is 3.26. The van der Waals surface area contributed by atoms with Gasteiger partial charge < -0.3 is 16.2 Å². The second-order valence-electron chi connectivity index (χ2n) is 4.41. The van der Waals surface area contributed by atoms with E-state index in [9.17, 15) is 9.59 Å². The summed E-state index contributed by atoms with van der Waals surface area (Å²) in [5, 5.41) is 12.4. The number of nitrogens with two attached hydrogens (primary N) is 1. The number of nitrogens with one attached hydrogen (secondary N) is 1. The fourth-order valence-electron chi connectivity index (χ4n) is 1.78. The first kappa shape index (κ1) is 14.9. The number of carbonyl (C=O) groups excluding carboxylic acids is 1. The number of benzene rings is 2. The number of primary amides is 1. The molecular formula is C15H13ClN2O3. The number of hydrogen-bond acceptors (Lipinski definition) is 3. The van der Waals surface area contributed by atoms with Gasteiger partial charge in [-0.3, -0.25) is 4.79 Å². The Morgan fingerprint density at radius 2 is 1.71 bits per heavy atom. The molecule has 0 aliphatic heterocycles. The van der Waals surface area contributed by atoms with Crippen LogP contribution in [0.15, 0.2) is 42.5 Å². The molecule has 0 fully saturated rings. The third-order valence-electron chi connectivity index (χ3n) is 2.93. The minimum absolute atomic E-state index is 0.229. The van der Waals surface area contributed by atoms with Gasteiger partial charge in [0, 0.05) is 12.1 Å². The first-order chi connectivity index (χ1) is 9.97. The smallest absolute Gasteiger partial charge is 0.335 e. The van der Waals surface area contributed by atoms with Crippen LogP contribution in [0, 0.1) is 0 Å². The predicted molar refractivity (Wildman–Crippen MR) is 80.7 cm³/mol. The van der Waals surface area contributed by atoms with E-state index >= 15 is 0 Å². The summed E-state index contributed by atoms with van der Waals surface area (Å²) in [7, 11) is 0. The lowest BCUT2D eigenvalue weighted by Gasteiger charge is -2.10. The quantitative estimate of drug-likeness (QED) is 0.792. The molecule has 0 heterocycles. The largest absolute Gasteiger partial charge is 0.478 e. The molecule has 0 aliphatic carbocycles. The van der Waals surface area contributed by atoms with Crippen LogP contribution in [-0.2, 0) is 6.54 Å². The maximum absolute atomic E-state index is 11.1. The van der Waals surface area contributed by atoms with Crippen LogP contribution in [-0.4, -0.2) is 17.0 Å². The Hall–Kier alpha value is -2.53. The zero-order chi connectivity index (χ0) is 15.4. The first-order valence-corrected chi connectivity index (χ1v) is 6.50. The zero-order valence-corrected chi connectivity index (χ0v) is 11.7. The normalized spacial score (nSPS) is 10.1. The van der Waals surface area contributed by atoms with Crippen LogP contribution in [0.25, 0.3) is 0 Å². The summed E-state index contributed by atoms with van der Waals surface area (Å²) in [4.78, 5) is 21.9. The highest BCUT2D eigenvalue weighted by Gasteiger charge is 2.06. The van der Waals surface area contributed by atoms with E-state index in [2.05, 4.69) is 5.32 Å². The second-order valence-corrected chi connectivity index (χ2v) is 4.82. The van der Waals surface area contributed by atoms with Crippen LogP contribution in [0.4, 0.5) is 5.69 Å². The summed E-state index contributed by atoms with van der Waals surface area (Å²) in [6, 6.07) is 11.2. The molecule has 2 aromatic rings. The van der Waals surface area contributed by atoms with E-state index < -0.39 is 11.9 Å². The summed E-state index contributed by atoms with van der Waals surface area (Å²) in [5.41, 5.74) is 7.29. The summed E-state index contributed by atoms with van der Waals surface area (Å²) in [5.74, 6) is -1.49. The average molecular weight is 305 g/mol. The molecule has 0 saturated heterocycles. The van der Waals surface area contributed by atoms with Crippen molar-refractivity contribution < 1.29 is 14.7 Å². The molecule has 6 heteroatoms. The topological polar surface area (TPSA) is 92.4 Å². The van der Waals surface area contributed by atoms with Crippen LogP contribution >= 0.6 is 11.6 Å². The Balaban J connectivity index is 2.10. The molecule has 1 amide bonds. The summed E-state index contributed by atoms with van der Waals surface area (Å²) >= 11 is 6.04. The van der Waals surface area contributed by atoms with E-state index in [1.807, 2.05) is 0 Å². The van der Waals surface area contributed by atoms with Gasteiger partial charge in [-0.15, -0.1) is 0 Å². The Bertz CT molecular complexity index is 684. The molecule has 0 spiro atoms. The summed E-state index contributed by atoms with van der Waals surface area (Å²) in [6.45, 7) is 0.446. The van der Waals surface area contributed by atoms with E-state index in [1.165, 1.54) is 12.1 Å². The fraction of sp³-hybridized carbons (Fsp3) is 0.0667. The Morgan fingerprint density at radius 1 is 1.10 bits per heavy atom. The van der Waals surface area contributed by atoms with Crippen LogP contribution in [0.5, 0.6) is 0 Å². The van der Waals surface area contributed by atoms with Crippen LogP contribution in [0.2, 0.25) is 5.02 Å². The van der Waals surface area contributed by atoms with Crippen molar-refractivity contribution in [1.82, 2.24) is 0 Å². The van der Waals surface area contributed by atoms with Crippen molar-refractivity contribution in [3.05, 3.63) is 64.2 Å². The SMILES string of the molecule is NC(=O)c1ccc(Cl)c(NCc2ccc(C(=O)O)cc2)c1. The highest BCUT2D eigenvalue weighted by molar-refractivity contribution is 6.33. The number of hydrogen-bond donors (Lipinski definition) is 3. The molecule has 0 aromatic heterocycles. The van der Waals surface area contributed by atoms with Gasteiger partial charge in [-0.05, 0) is 35.9 Å². The minimum Gasteiger partial charge on any atom is -0.478 e. The van der Waals surface area contributed by atoms with Gasteiger partial charge in [0.25, 0.3) is 0 Å². The fourth-order valence-corrected chi connectivity index (χ4v) is 1.96. The van der Waals surface area contributed by atoms with Crippen LogP contribution in [0.1, 0.15) is 26.3 Å². The highest BCUT2D eigenvalue weighted by Crippen LogP contribution is 2.23. The van der Waals surface area contributed by atoms with Crippen LogP contribution < -0.4 is 11.1 Å². The Labute approximate surface area is 126 Å². The standard InChI is InChI=1S/C15H13ClN2O3/c16-12-6-5-11(14(17)19)7-13(12)18-8-9-1-3-10(4-2-9)15(20)21/h1-7,18H,8H2,(H2,17,19)(H,20,21). The maximum atomic E-state index is 11.1. The van der Waals surface area contributed by atoms with Crippen molar-refractivity contribution in [2.75, 3.05) is 5.32 Å². The van der Waals surface area contributed by atoms with E-state index in [0.717, 1.165) is 5.56 Å². The number of carbonyl (C=O) groups is 2. The molecule has 2 rings (SSSR count). The lowest BCUT2D eigenvalue weighted by atomic mass is 10.1. The molecule has 0 atom stereocenters. The number of carboxylic acid groups (broad SMARTS) is 1. The van der Waals surface area contributed by atoms with Crippen molar-refractivity contribution in [3.63, 3.8) is 0 Å². The molecule has 0 radical (unpaired) electrons. The molecule has 0 saturated carbocycles. The number of carboxylic acids is 1. The molecule has 108 valence electrons. The number of aromatic carboxylic acids is 1. The maximum Gasteiger partial charge on any atom is 0.335 e. The monoisotopic (exact) mass is 304 g/mol. The van der Waals surface area contributed by atoms with Gasteiger partial charge in [-0.1, -0.05) is 23.7 Å². The lowest BCUT2D eigenvalue weighted by molar-refractivity contribution is 0.0696. The van der Waals surface area contributed by atoms with Gasteiger partial charge in [0.05, 0.1) is 16.3 Å². The number of anilines is 1. The van der Waals surface area contributed by atoms with Crippen molar-refractivity contribution in [3.8, 4) is 0 Å².